The van der Waals surface area contributed by atoms with Gasteiger partial charge in [-0.1, -0.05) is 55.4 Å². The van der Waals surface area contributed by atoms with Gasteiger partial charge in [-0.2, -0.15) is 0 Å². The maximum absolute atomic E-state index is 2.35. The first-order valence-corrected chi connectivity index (χ1v) is 13.6. The molecular formula is C27H42S2. The minimum Gasteiger partial charge on any atom is -0.145 e. The van der Waals surface area contributed by atoms with E-state index in [1.54, 1.807) is 41.8 Å². The molecule has 0 unspecified atom stereocenters. The normalized spacial score (nSPS) is 15.9. The van der Waals surface area contributed by atoms with Gasteiger partial charge in [0.25, 0.3) is 0 Å². The van der Waals surface area contributed by atoms with Crippen LogP contribution in [0.4, 0.5) is 0 Å². The third kappa shape index (κ3) is 4.85. The fraction of sp³-hybridized carbons (Fsp3) is 0.704. The van der Waals surface area contributed by atoms with Gasteiger partial charge in [0.2, 0.25) is 0 Å². The Morgan fingerprint density at radius 2 is 0.862 bits per heavy atom. The van der Waals surface area contributed by atoms with Crippen molar-refractivity contribution in [2.45, 2.75) is 124 Å². The van der Waals surface area contributed by atoms with E-state index >= 15 is 0 Å². The highest BCUT2D eigenvalue weighted by molar-refractivity contribution is 7.12. The molecule has 0 fully saturated rings. The van der Waals surface area contributed by atoms with E-state index in [1.165, 1.54) is 44.9 Å². The van der Waals surface area contributed by atoms with E-state index in [4.69, 9.17) is 0 Å². The largest absolute Gasteiger partial charge is 0.145 e. The average molecular weight is 431 g/mol. The number of rotatable bonds is 4. The maximum atomic E-state index is 2.35. The van der Waals surface area contributed by atoms with Crippen LogP contribution in [0.25, 0.3) is 0 Å². The highest BCUT2D eigenvalue weighted by Gasteiger charge is 2.25. The van der Waals surface area contributed by atoms with Gasteiger partial charge < -0.3 is 0 Å². The standard InChI is InChI=1S/C14H22S.C13H20S/c1-9(2)13-11-7-5-6-8-12(11)15-14(13)10(3)4;1-8(2)12-10-6-5-7-11(10)14-13(12)9(3)4/h9-10H,5-8H2,1-4H3;8-9H,5-7H2,1-4H3. The number of aryl methyl sites for hydroxylation is 2. The molecule has 2 heteroatoms. The lowest BCUT2D eigenvalue weighted by Crippen LogP contribution is -2.03. The highest BCUT2D eigenvalue weighted by atomic mass is 32.1. The van der Waals surface area contributed by atoms with E-state index < -0.39 is 0 Å². The van der Waals surface area contributed by atoms with E-state index in [0.29, 0.717) is 23.7 Å². The summed E-state index contributed by atoms with van der Waals surface area (Å²) in [6.07, 6.45) is 9.56. The Hall–Kier alpha value is -0.600. The van der Waals surface area contributed by atoms with Crippen molar-refractivity contribution in [3.8, 4) is 0 Å². The molecule has 2 aromatic heterocycles. The van der Waals surface area contributed by atoms with Crippen molar-refractivity contribution in [1.82, 2.24) is 0 Å². The lowest BCUT2D eigenvalue weighted by atomic mass is 9.88. The number of fused-ring (bicyclic) bond motifs is 2. The molecule has 0 bridgehead atoms. The molecule has 0 radical (unpaired) electrons. The van der Waals surface area contributed by atoms with Crippen molar-refractivity contribution >= 4 is 22.7 Å². The zero-order chi connectivity index (χ0) is 21.3. The second kappa shape index (κ2) is 9.69. The molecule has 0 aromatic carbocycles. The molecule has 0 N–H and O–H groups in total. The summed E-state index contributed by atoms with van der Waals surface area (Å²) in [5.41, 5.74) is 6.83. The second-order valence-corrected chi connectivity index (χ2v) is 12.5. The SMILES string of the molecule is CC(C)c1sc2c(c1C(C)C)CCC2.CC(C)c1sc2c(c1C(C)C)CCCC2. The molecular weight excluding hydrogens is 388 g/mol. The molecule has 2 aliphatic rings. The fourth-order valence-electron chi connectivity index (χ4n) is 5.19. The quantitative estimate of drug-likeness (QED) is 0.453. The van der Waals surface area contributed by atoms with Crippen LogP contribution in [0.2, 0.25) is 0 Å². The zero-order valence-electron chi connectivity index (χ0n) is 20.1. The van der Waals surface area contributed by atoms with E-state index in [1.807, 2.05) is 0 Å². The van der Waals surface area contributed by atoms with Crippen molar-refractivity contribution in [2.75, 3.05) is 0 Å². The molecule has 0 spiro atoms. The first-order valence-electron chi connectivity index (χ1n) is 12.0. The summed E-state index contributed by atoms with van der Waals surface area (Å²) in [6, 6.07) is 0. The molecule has 2 heterocycles. The summed E-state index contributed by atoms with van der Waals surface area (Å²) in [5, 5.41) is 0. The summed E-state index contributed by atoms with van der Waals surface area (Å²) in [5.74, 6) is 2.84. The predicted molar refractivity (Wildman–Crippen MR) is 134 cm³/mol. The van der Waals surface area contributed by atoms with Crippen molar-refractivity contribution in [1.29, 1.82) is 0 Å². The smallest absolute Gasteiger partial charge is 0.0111 e. The molecule has 0 saturated heterocycles. The lowest BCUT2D eigenvalue weighted by molar-refractivity contribution is 0.680. The summed E-state index contributed by atoms with van der Waals surface area (Å²) in [7, 11) is 0. The molecule has 4 rings (SSSR count). The van der Waals surface area contributed by atoms with Gasteiger partial charge in [-0.15, -0.1) is 22.7 Å². The molecule has 29 heavy (non-hydrogen) atoms. The molecule has 0 nitrogen and oxygen atoms in total. The summed E-state index contributed by atoms with van der Waals surface area (Å²) in [6.45, 7) is 18.7. The predicted octanol–water partition coefficient (Wildman–Crippen LogP) is 9.36. The lowest BCUT2D eigenvalue weighted by Gasteiger charge is -2.16. The van der Waals surface area contributed by atoms with Gasteiger partial charge in [-0.05, 0) is 90.9 Å². The van der Waals surface area contributed by atoms with Crippen molar-refractivity contribution in [3.05, 3.63) is 41.8 Å². The van der Waals surface area contributed by atoms with Crippen LogP contribution in [0.1, 0.15) is 140 Å². The zero-order valence-corrected chi connectivity index (χ0v) is 21.7. The topological polar surface area (TPSA) is 0 Å². The Kier molecular flexibility index (Phi) is 7.71. The van der Waals surface area contributed by atoms with Crippen LogP contribution < -0.4 is 0 Å². The van der Waals surface area contributed by atoms with E-state index in [9.17, 15) is 0 Å². The second-order valence-electron chi connectivity index (χ2n) is 10.2. The van der Waals surface area contributed by atoms with Crippen molar-refractivity contribution in [3.63, 3.8) is 0 Å². The third-order valence-electron chi connectivity index (χ3n) is 6.44. The molecule has 0 amide bonds. The van der Waals surface area contributed by atoms with Gasteiger partial charge in [0.15, 0.2) is 0 Å². The van der Waals surface area contributed by atoms with Crippen molar-refractivity contribution < 1.29 is 0 Å². The van der Waals surface area contributed by atoms with Crippen LogP contribution in [0.15, 0.2) is 0 Å². The van der Waals surface area contributed by atoms with Crippen molar-refractivity contribution in [2.24, 2.45) is 0 Å². The van der Waals surface area contributed by atoms with E-state index in [0.717, 1.165) is 0 Å². The summed E-state index contributed by atoms with van der Waals surface area (Å²) in [4.78, 5) is 6.72. The molecule has 2 aliphatic carbocycles. The first kappa shape index (κ1) is 23.1. The van der Waals surface area contributed by atoms with Gasteiger partial charge >= 0.3 is 0 Å². The minimum absolute atomic E-state index is 0.706. The van der Waals surface area contributed by atoms with Gasteiger partial charge in [0.05, 0.1) is 0 Å². The molecule has 0 atom stereocenters. The Labute approximate surface area is 188 Å². The maximum Gasteiger partial charge on any atom is 0.0111 e. The molecule has 162 valence electrons. The molecule has 0 saturated carbocycles. The van der Waals surface area contributed by atoms with E-state index in [-0.39, 0.29) is 0 Å². The Balaban J connectivity index is 0.000000166. The average Bonchev–Trinajstić information content (AvgIpc) is 3.33. The molecule has 0 aliphatic heterocycles. The first-order chi connectivity index (χ1) is 13.7. The van der Waals surface area contributed by atoms with Crippen LogP contribution >= 0.6 is 22.7 Å². The van der Waals surface area contributed by atoms with Crippen LogP contribution in [0.3, 0.4) is 0 Å². The van der Waals surface area contributed by atoms with E-state index in [2.05, 4.69) is 78.1 Å². The third-order valence-corrected chi connectivity index (χ3v) is 9.65. The van der Waals surface area contributed by atoms with Crippen LogP contribution in [0.5, 0.6) is 0 Å². The number of hydrogen-bond acceptors (Lipinski definition) is 2. The number of thiophene rings is 2. The monoisotopic (exact) mass is 430 g/mol. The highest BCUT2D eigenvalue weighted by Crippen LogP contribution is 2.43. The summed E-state index contributed by atoms with van der Waals surface area (Å²) < 4.78 is 0. The Morgan fingerprint density at radius 3 is 1.28 bits per heavy atom. The van der Waals surface area contributed by atoms with Crippen LogP contribution in [-0.4, -0.2) is 0 Å². The van der Waals surface area contributed by atoms with Crippen LogP contribution in [-0.2, 0) is 25.7 Å². The van der Waals surface area contributed by atoms with Gasteiger partial charge in [-0.25, -0.2) is 0 Å². The Morgan fingerprint density at radius 1 is 0.483 bits per heavy atom. The minimum atomic E-state index is 0.706. The fourth-order valence-corrected chi connectivity index (χ4v) is 8.29. The van der Waals surface area contributed by atoms with Gasteiger partial charge in [-0.3, -0.25) is 0 Å². The molecule has 2 aromatic rings. The van der Waals surface area contributed by atoms with Crippen LogP contribution in [0, 0.1) is 0 Å². The Bertz CT molecular complexity index is 814. The summed E-state index contributed by atoms with van der Waals surface area (Å²) >= 11 is 4.18. The van der Waals surface area contributed by atoms with Gasteiger partial charge in [0.1, 0.15) is 0 Å². The number of hydrogen-bond donors (Lipinski definition) is 0. The van der Waals surface area contributed by atoms with Gasteiger partial charge in [0, 0.05) is 19.5 Å².